The van der Waals surface area contributed by atoms with E-state index in [9.17, 15) is 0 Å². The molecule has 2 aromatic heterocycles. The monoisotopic (exact) mass is 589 g/mol. The third-order valence-electron chi connectivity index (χ3n) is 9.62. The molecule has 2 heterocycles. The summed E-state index contributed by atoms with van der Waals surface area (Å²) >= 11 is 0. The first-order chi connectivity index (χ1) is 22.6. The molecule has 0 atom stereocenters. The number of aromatic nitrogens is 3. The van der Waals surface area contributed by atoms with E-state index in [4.69, 9.17) is 9.97 Å². The van der Waals surface area contributed by atoms with Gasteiger partial charge in [-0.05, 0) is 63.7 Å². The van der Waals surface area contributed by atoms with Gasteiger partial charge in [-0.3, -0.25) is 4.57 Å². The Morgan fingerprint density at radius 2 is 1.11 bits per heavy atom. The molecule has 8 aromatic rings. The highest BCUT2D eigenvalue weighted by molar-refractivity contribution is 6.15. The summed E-state index contributed by atoms with van der Waals surface area (Å²) in [6.45, 7) is 4.68. The van der Waals surface area contributed by atoms with Gasteiger partial charge in [0.25, 0.3) is 0 Å². The Labute approximate surface area is 268 Å². The number of benzene rings is 6. The topological polar surface area (TPSA) is 30.7 Å². The Bertz CT molecular complexity index is 2420. The van der Waals surface area contributed by atoms with Gasteiger partial charge in [-0.15, -0.1) is 0 Å². The summed E-state index contributed by atoms with van der Waals surface area (Å²) in [5.41, 5.74) is 13.9. The van der Waals surface area contributed by atoms with E-state index in [1.807, 2.05) is 18.2 Å². The fourth-order valence-corrected chi connectivity index (χ4v) is 7.33. The predicted molar refractivity (Wildman–Crippen MR) is 190 cm³/mol. The van der Waals surface area contributed by atoms with E-state index in [2.05, 4.69) is 152 Å². The maximum absolute atomic E-state index is 5.29. The summed E-state index contributed by atoms with van der Waals surface area (Å²) in [5.74, 6) is 0.715. The molecule has 3 nitrogen and oxygen atoms in total. The van der Waals surface area contributed by atoms with E-state index in [-0.39, 0.29) is 5.41 Å². The van der Waals surface area contributed by atoms with Crippen molar-refractivity contribution in [2.45, 2.75) is 19.3 Å². The van der Waals surface area contributed by atoms with Crippen molar-refractivity contribution in [3.8, 4) is 50.6 Å². The lowest BCUT2D eigenvalue weighted by atomic mass is 9.81. The minimum absolute atomic E-state index is 0.0580. The third-order valence-corrected chi connectivity index (χ3v) is 9.62. The molecule has 6 aromatic carbocycles. The molecule has 0 bridgehead atoms. The normalized spacial score (nSPS) is 13.2. The maximum atomic E-state index is 5.29. The van der Waals surface area contributed by atoms with Crippen molar-refractivity contribution in [2.75, 3.05) is 0 Å². The second-order valence-corrected chi connectivity index (χ2v) is 12.7. The number of nitrogens with zero attached hydrogens (tertiary/aromatic N) is 3. The Balaban J connectivity index is 1.34. The van der Waals surface area contributed by atoms with Crippen LogP contribution in [0.1, 0.15) is 25.0 Å². The number of hydrogen-bond acceptors (Lipinski definition) is 2. The number of hydrogen-bond donors (Lipinski definition) is 0. The molecule has 0 saturated heterocycles. The number of rotatable bonds is 4. The third kappa shape index (κ3) is 3.98. The van der Waals surface area contributed by atoms with Crippen molar-refractivity contribution in [1.29, 1.82) is 0 Å². The minimum Gasteiger partial charge on any atom is -0.294 e. The summed E-state index contributed by atoms with van der Waals surface area (Å²) in [4.78, 5) is 10.6. The zero-order valence-corrected chi connectivity index (χ0v) is 25.8. The maximum Gasteiger partial charge on any atom is 0.162 e. The standard InChI is InChI=1S/C43H31N3/c1-43(2)36-21-13-12-20-33(36)34-24-22-31(27-37(34)43)30-23-25-38-35(26-30)39-40(28-14-6-3-7-15-28)44-41(29-16-8-4-9-17-29)45-42(39)46(38)32-18-10-5-11-19-32/h3-27H,1-2H3. The van der Waals surface area contributed by atoms with Crippen molar-refractivity contribution in [2.24, 2.45) is 0 Å². The molecule has 1 aliphatic carbocycles. The van der Waals surface area contributed by atoms with Crippen molar-refractivity contribution in [1.82, 2.24) is 14.5 Å². The fourth-order valence-electron chi connectivity index (χ4n) is 7.33. The first kappa shape index (κ1) is 26.6. The lowest BCUT2D eigenvalue weighted by molar-refractivity contribution is 0.660. The predicted octanol–water partition coefficient (Wildman–Crippen LogP) is 10.9. The first-order valence-corrected chi connectivity index (χ1v) is 15.9. The second-order valence-electron chi connectivity index (χ2n) is 12.7. The molecule has 0 fully saturated rings. The fraction of sp³-hybridized carbons (Fsp3) is 0.0698. The van der Waals surface area contributed by atoms with Gasteiger partial charge >= 0.3 is 0 Å². The van der Waals surface area contributed by atoms with E-state index >= 15 is 0 Å². The summed E-state index contributed by atoms with van der Waals surface area (Å²) in [5, 5.41) is 2.19. The molecule has 0 amide bonds. The highest BCUT2D eigenvalue weighted by Gasteiger charge is 2.35. The molecule has 3 heteroatoms. The highest BCUT2D eigenvalue weighted by atomic mass is 15.1. The Morgan fingerprint density at radius 1 is 0.500 bits per heavy atom. The van der Waals surface area contributed by atoms with Crippen molar-refractivity contribution < 1.29 is 0 Å². The van der Waals surface area contributed by atoms with Gasteiger partial charge in [0.15, 0.2) is 5.82 Å². The summed E-state index contributed by atoms with van der Waals surface area (Å²) in [6, 6.07) is 54.0. The number of para-hydroxylation sites is 1. The van der Waals surface area contributed by atoms with Crippen LogP contribution >= 0.6 is 0 Å². The van der Waals surface area contributed by atoms with E-state index in [1.165, 1.54) is 33.4 Å². The van der Waals surface area contributed by atoms with Crippen LogP contribution in [0.5, 0.6) is 0 Å². The average molecular weight is 590 g/mol. The molecule has 46 heavy (non-hydrogen) atoms. The molecular formula is C43H31N3. The smallest absolute Gasteiger partial charge is 0.162 e. The van der Waals surface area contributed by atoms with Crippen LogP contribution in [0.4, 0.5) is 0 Å². The van der Waals surface area contributed by atoms with Gasteiger partial charge in [-0.1, -0.05) is 135 Å². The summed E-state index contributed by atoms with van der Waals surface area (Å²) in [7, 11) is 0. The average Bonchev–Trinajstić information content (AvgIpc) is 3.57. The van der Waals surface area contributed by atoms with Gasteiger partial charge in [0.2, 0.25) is 0 Å². The zero-order chi connectivity index (χ0) is 30.8. The van der Waals surface area contributed by atoms with E-state index in [0.29, 0.717) is 5.82 Å². The SMILES string of the molecule is CC1(C)c2ccccc2-c2ccc(-c3ccc4c(c3)c3c(-c5ccccc5)nc(-c5ccccc5)nc3n4-c3ccccc3)cc21. The molecule has 0 aliphatic heterocycles. The molecule has 0 radical (unpaired) electrons. The molecule has 9 rings (SSSR count). The second kappa shape index (κ2) is 10.1. The van der Waals surface area contributed by atoms with Crippen LogP contribution in [0.15, 0.2) is 152 Å². The first-order valence-electron chi connectivity index (χ1n) is 15.9. The molecule has 1 aliphatic rings. The minimum atomic E-state index is -0.0580. The van der Waals surface area contributed by atoms with Gasteiger partial charge in [-0.25, -0.2) is 9.97 Å². The van der Waals surface area contributed by atoms with Crippen LogP contribution in [0.25, 0.3) is 72.5 Å². The molecule has 218 valence electrons. The largest absolute Gasteiger partial charge is 0.294 e. The summed E-state index contributed by atoms with van der Waals surface area (Å²) < 4.78 is 2.29. The van der Waals surface area contributed by atoms with Crippen molar-refractivity contribution in [3.05, 3.63) is 163 Å². The molecule has 0 unspecified atom stereocenters. The molecular weight excluding hydrogens is 558 g/mol. The van der Waals surface area contributed by atoms with Crippen molar-refractivity contribution >= 4 is 21.9 Å². The quantitative estimate of drug-likeness (QED) is 0.204. The lowest BCUT2D eigenvalue weighted by Crippen LogP contribution is -2.14. The van der Waals surface area contributed by atoms with Crippen LogP contribution in [-0.2, 0) is 5.41 Å². The van der Waals surface area contributed by atoms with Crippen LogP contribution in [0.3, 0.4) is 0 Å². The van der Waals surface area contributed by atoms with Crippen LogP contribution in [0.2, 0.25) is 0 Å². The zero-order valence-electron chi connectivity index (χ0n) is 25.8. The van der Waals surface area contributed by atoms with E-state index in [0.717, 1.165) is 44.4 Å². The van der Waals surface area contributed by atoms with Crippen LogP contribution in [-0.4, -0.2) is 14.5 Å². The molecule has 0 N–H and O–H groups in total. The van der Waals surface area contributed by atoms with Gasteiger partial charge in [0.05, 0.1) is 16.6 Å². The highest BCUT2D eigenvalue weighted by Crippen LogP contribution is 2.50. The van der Waals surface area contributed by atoms with Crippen molar-refractivity contribution in [3.63, 3.8) is 0 Å². The van der Waals surface area contributed by atoms with Gasteiger partial charge in [-0.2, -0.15) is 0 Å². The van der Waals surface area contributed by atoms with Gasteiger partial charge in [0, 0.05) is 27.6 Å². The lowest BCUT2D eigenvalue weighted by Gasteiger charge is -2.22. The number of fused-ring (bicyclic) bond motifs is 6. The Kier molecular flexibility index (Phi) is 5.85. The Morgan fingerprint density at radius 3 is 1.87 bits per heavy atom. The van der Waals surface area contributed by atoms with Crippen LogP contribution in [0, 0.1) is 0 Å². The summed E-state index contributed by atoms with van der Waals surface area (Å²) in [6.07, 6.45) is 0. The van der Waals surface area contributed by atoms with E-state index in [1.54, 1.807) is 0 Å². The molecule has 0 saturated carbocycles. The Hall–Kier alpha value is -5.80. The molecule has 0 spiro atoms. The van der Waals surface area contributed by atoms with Crippen LogP contribution < -0.4 is 0 Å². The van der Waals surface area contributed by atoms with Gasteiger partial charge in [0.1, 0.15) is 5.65 Å². The van der Waals surface area contributed by atoms with E-state index < -0.39 is 0 Å². The van der Waals surface area contributed by atoms with Gasteiger partial charge < -0.3 is 0 Å².